The predicted octanol–water partition coefficient (Wildman–Crippen LogP) is 0.686. The van der Waals surface area contributed by atoms with Crippen molar-refractivity contribution in [1.29, 1.82) is 0 Å². The molecule has 1 aliphatic heterocycles. The van der Waals surface area contributed by atoms with Crippen molar-refractivity contribution in [2.45, 2.75) is 31.7 Å². The lowest BCUT2D eigenvalue weighted by Crippen LogP contribution is -2.43. The zero-order chi connectivity index (χ0) is 8.39. The molecular weight excluding hydrogens is 188 g/mol. The second-order valence-electron chi connectivity index (χ2n) is 3.83. The molecule has 0 aromatic rings. The van der Waals surface area contributed by atoms with Crippen LogP contribution in [0.1, 0.15) is 25.7 Å². The minimum Gasteiger partial charge on any atom is -0.353 e. The Labute approximate surface area is 85.1 Å². The number of carbonyl (C=O) groups is 1. The SMILES string of the molecule is Cl.O=C(NC1CCC1)C1CCNC1. The van der Waals surface area contributed by atoms with Crippen molar-refractivity contribution in [3.8, 4) is 0 Å². The van der Waals surface area contributed by atoms with Gasteiger partial charge >= 0.3 is 0 Å². The summed E-state index contributed by atoms with van der Waals surface area (Å²) in [5, 5.41) is 6.28. The van der Waals surface area contributed by atoms with Gasteiger partial charge in [0, 0.05) is 12.6 Å². The summed E-state index contributed by atoms with van der Waals surface area (Å²) < 4.78 is 0. The first-order valence-corrected chi connectivity index (χ1v) is 4.87. The average Bonchev–Trinajstić information content (AvgIpc) is 2.47. The van der Waals surface area contributed by atoms with Crippen LogP contribution in [-0.4, -0.2) is 25.0 Å². The molecule has 0 radical (unpaired) electrons. The predicted molar refractivity (Wildman–Crippen MR) is 54.0 cm³/mol. The summed E-state index contributed by atoms with van der Waals surface area (Å²) in [5.74, 6) is 0.510. The van der Waals surface area contributed by atoms with E-state index in [0.717, 1.165) is 19.5 Å². The van der Waals surface area contributed by atoms with Gasteiger partial charge in [0.2, 0.25) is 5.91 Å². The summed E-state index contributed by atoms with van der Waals surface area (Å²) in [7, 11) is 0. The topological polar surface area (TPSA) is 41.1 Å². The summed E-state index contributed by atoms with van der Waals surface area (Å²) in [6.07, 6.45) is 4.67. The maximum absolute atomic E-state index is 11.5. The van der Waals surface area contributed by atoms with Crippen LogP contribution in [0.3, 0.4) is 0 Å². The van der Waals surface area contributed by atoms with Crippen molar-refractivity contribution in [1.82, 2.24) is 10.6 Å². The zero-order valence-corrected chi connectivity index (χ0v) is 8.53. The molecule has 1 saturated heterocycles. The molecule has 0 bridgehead atoms. The fourth-order valence-electron chi connectivity index (χ4n) is 1.75. The normalized spacial score (nSPS) is 27.5. The molecule has 0 aromatic heterocycles. The molecule has 1 saturated carbocycles. The van der Waals surface area contributed by atoms with Crippen LogP contribution in [0.5, 0.6) is 0 Å². The van der Waals surface area contributed by atoms with Gasteiger partial charge in [-0.15, -0.1) is 12.4 Å². The maximum Gasteiger partial charge on any atom is 0.224 e. The number of carbonyl (C=O) groups excluding carboxylic acids is 1. The number of hydrogen-bond donors (Lipinski definition) is 2. The van der Waals surface area contributed by atoms with Gasteiger partial charge in [0.25, 0.3) is 0 Å². The lowest BCUT2D eigenvalue weighted by Gasteiger charge is -2.27. The first kappa shape index (κ1) is 10.8. The monoisotopic (exact) mass is 204 g/mol. The molecule has 1 aliphatic carbocycles. The molecule has 0 aromatic carbocycles. The quantitative estimate of drug-likeness (QED) is 0.695. The number of halogens is 1. The second-order valence-corrected chi connectivity index (χ2v) is 3.83. The molecule has 0 spiro atoms. The lowest BCUT2D eigenvalue weighted by atomic mass is 9.92. The minimum absolute atomic E-state index is 0. The summed E-state index contributed by atoms with van der Waals surface area (Å²) in [6, 6.07) is 0.498. The Kier molecular flexibility index (Phi) is 4.00. The van der Waals surface area contributed by atoms with E-state index < -0.39 is 0 Å². The molecule has 4 heteroatoms. The van der Waals surface area contributed by atoms with Crippen LogP contribution in [0, 0.1) is 5.92 Å². The van der Waals surface area contributed by atoms with Crippen molar-refractivity contribution < 1.29 is 4.79 Å². The molecule has 1 atom stereocenters. The Bertz CT molecular complexity index is 176. The van der Waals surface area contributed by atoms with Gasteiger partial charge in [0.15, 0.2) is 0 Å². The van der Waals surface area contributed by atoms with E-state index in [1.807, 2.05) is 0 Å². The van der Waals surface area contributed by atoms with Crippen LogP contribution in [0.25, 0.3) is 0 Å². The molecule has 1 amide bonds. The Morgan fingerprint density at radius 1 is 1.31 bits per heavy atom. The minimum atomic E-state index is 0. The Morgan fingerprint density at radius 3 is 2.54 bits per heavy atom. The molecular formula is C9H17ClN2O. The molecule has 2 N–H and O–H groups in total. The van der Waals surface area contributed by atoms with Crippen LogP contribution >= 0.6 is 12.4 Å². The average molecular weight is 205 g/mol. The molecule has 1 unspecified atom stereocenters. The summed E-state index contributed by atoms with van der Waals surface area (Å²) in [5.41, 5.74) is 0. The largest absolute Gasteiger partial charge is 0.353 e. The summed E-state index contributed by atoms with van der Waals surface area (Å²) in [6.45, 7) is 1.88. The highest BCUT2D eigenvalue weighted by molar-refractivity contribution is 5.85. The maximum atomic E-state index is 11.5. The van der Waals surface area contributed by atoms with Crippen LogP contribution in [0.4, 0.5) is 0 Å². The van der Waals surface area contributed by atoms with Gasteiger partial charge in [0.05, 0.1) is 5.92 Å². The second kappa shape index (κ2) is 4.82. The van der Waals surface area contributed by atoms with E-state index in [1.54, 1.807) is 0 Å². The Morgan fingerprint density at radius 2 is 2.08 bits per heavy atom. The molecule has 2 rings (SSSR count). The highest BCUT2D eigenvalue weighted by Crippen LogP contribution is 2.19. The standard InChI is InChI=1S/C9H16N2O.ClH/c12-9(7-4-5-10-6-7)11-8-2-1-3-8;/h7-8,10H,1-6H2,(H,11,12);1H. The van der Waals surface area contributed by atoms with Crippen molar-refractivity contribution in [3.63, 3.8) is 0 Å². The van der Waals surface area contributed by atoms with E-state index in [9.17, 15) is 4.79 Å². The Balaban J connectivity index is 0.000000845. The fourth-order valence-corrected chi connectivity index (χ4v) is 1.75. The van der Waals surface area contributed by atoms with Crippen LogP contribution in [0.15, 0.2) is 0 Å². The fraction of sp³-hybridized carbons (Fsp3) is 0.889. The van der Waals surface area contributed by atoms with Gasteiger partial charge in [-0.25, -0.2) is 0 Å². The summed E-state index contributed by atoms with van der Waals surface area (Å²) >= 11 is 0. The molecule has 2 aliphatic rings. The zero-order valence-electron chi connectivity index (χ0n) is 7.71. The van der Waals surface area contributed by atoms with Crippen LogP contribution in [-0.2, 0) is 4.79 Å². The smallest absolute Gasteiger partial charge is 0.224 e. The third kappa shape index (κ3) is 2.58. The third-order valence-corrected chi connectivity index (χ3v) is 2.88. The lowest BCUT2D eigenvalue weighted by molar-refractivity contribution is -0.125. The Hall–Kier alpha value is -0.280. The van der Waals surface area contributed by atoms with Crippen molar-refractivity contribution in [3.05, 3.63) is 0 Å². The molecule has 1 heterocycles. The number of rotatable bonds is 2. The molecule has 3 nitrogen and oxygen atoms in total. The summed E-state index contributed by atoms with van der Waals surface area (Å²) in [4.78, 5) is 11.5. The van der Waals surface area contributed by atoms with E-state index in [4.69, 9.17) is 0 Å². The van der Waals surface area contributed by atoms with Crippen molar-refractivity contribution >= 4 is 18.3 Å². The van der Waals surface area contributed by atoms with E-state index >= 15 is 0 Å². The first-order valence-electron chi connectivity index (χ1n) is 4.87. The molecule has 13 heavy (non-hydrogen) atoms. The van der Waals surface area contributed by atoms with E-state index in [1.165, 1.54) is 19.3 Å². The third-order valence-electron chi connectivity index (χ3n) is 2.88. The van der Waals surface area contributed by atoms with Gasteiger partial charge in [-0.1, -0.05) is 0 Å². The van der Waals surface area contributed by atoms with Crippen LogP contribution < -0.4 is 10.6 Å². The highest BCUT2D eigenvalue weighted by Gasteiger charge is 2.26. The highest BCUT2D eigenvalue weighted by atomic mass is 35.5. The van der Waals surface area contributed by atoms with E-state index in [0.29, 0.717) is 6.04 Å². The van der Waals surface area contributed by atoms with E-state index in [2.05, 4.69) is 10.6 Å². The van der Waals surface area contributed by atoms with E-state index in [-0.39, 0.29) is 24.2 Å². The van der Waals surface area contributed by atoms with Gasteiger partial charge in [-0.05, 0) is 32.2 Å². The van der Waals surface area contributed by atoms with Crippen molar-refractivity contribution in [2.75, 3.05) is 13.1 Å². The van der Waals surface area contributed by atoms with Gasteiger partial charge < -0.3 is 10.6 Å². The van der Waals surface area contributed by atoms with Gasteiger partial charge in [0.1, 0.15) is 0 Å². The number of hydrogen-bond acceptors (Lipinski definition) is 2. The van der Waals surface area contributed by atoms with Gasteiger partial charge in [-0.3, -0.25) is 4.79 Å². The van der Waals surface area contributed by atoms with Gasteiger partial charge in [-0.2, -0.15) is 0 Å². The molecule has 76 valence electrons. The van der Waals surface area contributed by atoms with Crippen molar-refractivity contribution in [2.24, 2.45) is 5.92 Å². The number of amides is 1. The first-order chi connectivity index (χ1) is 5.86. The number of nitrogens with one attached hydrogen (secondary N) is 2. The molecule has 2 fully saturated rings. The van der Waals surface area contributed by atoms with Crippen LogP contribution in [0.2, 0.25) is 0 Å².